The number of rotatable bonds is 8. The lowest BCUT2D eigenvalue weighted by Gasteiger charge is -2.43. The molecule has 0 aromatic heterocycles. The van der Waals surface area contributed by atoms with Gasteiger partial charge in [-0.2, -0.15) is 0 Å². The number of amides is 1. The molecule has 3 rings (SSSR count). The Kier molecular flexibility index (Phi) is 7.71. The van der Waals surface area contributed by atoms with Crippen LogP contribution in [0.2, 0.25) is 0 Å². The fraction of sp³-hybridized carbons (Fsp3) is 0.696. The maximum absolute atomic E-state index is 13.0. The molecule has 1 amide bonds. The molecule has 168 valence electrons. The summed E-state index contributed by atoms with van der Waals surface area (Å²) in [7, 11) is 4.24. The van der Waals surface area contributed by atoms with Gasteiger partial charge in [-0.15, -0.1) is 0 Å². The first-order valence-electron chi connectivity index (χ1n) is 10.9. The topological polar surface area (TPSA) is 45.2 Å². The highest BCUT2D eigenvalue weighted by atomic mass is 19.1. The third-order valence-electron chi connectivity index (χ3n) is 5.81. The smallest absolute Gasteiger partial charge is 0.248 e. The van der Waals surface area contributed by atoms with E-state index in [9.17, 15) is 9.18 Å². The van der Waals surface area contributed by atoms with E-state index in [4.69, 9.17) is 9.47 Å². The van der Waals surface area contributed by atoms with Gasteiger partial charge in [0, 0.05) is 32.2 Å². The molecule has 2 heterocycles. The molecule has 0 aliphatic carbocycles. The molecule has 2 fully saturated rings. The first-order chi connectivity index (χ1) is 14.2. The molecule has 1 aromatic carbocycles. The highest BCUT2D eigenvalue weighted by Crippen LogP contribution is 2.24. The molecule has 0 unspecified atom stereocenters. The predicted octanol–water partition coefficient (Wildman–Crippen LogP) is 2.48. The van der Waals surface area contributed by atoms with Crippen LogP contribution in [0.15, 0.2) is 24.3 Å². The molecule has 7 heteroatoms. The second kappa shape index (κ2) is 10.1. The fourth-order valence-corrected chi connectivity index (χ4v) is 4.72. The van der Waals surface area contributed by atoms with Gasteiger partial charge in [-0.1, -0.05) is 13.8 Å². The van der Waals surface area contributed by atoms with Crippen molar-refractivity contribution in [2.24, 2.45) is 5.41 Å². The van der Waals surface area contributed by atoms with Crippen molar-refractivity contribution in [1.82, 2.24) is 14.7 Å². The van der Waals surface area contributed by atoms with E-state index in [1.807, 2.05) is 4.90 Å². The van der Waals surface area contributed by atoms with Gasteiger partial charge in [0.25, 0.3) is 0 Å². The van der Waals surface area contributed by atoms with E-state index in [1.54, 1.807) is 12.1 Å². The van der Waals surface area contributed by atoms with E-state index < -0.39 is 0 Å². The van der Waals surface area contributed by atoms with E-state index in [2.05, 4.69) is 37.7 Å². The summed E-state index contributed by atoms with van der Waals surface area (Å²) in [6, 6.07) is 6.23. The number of piperidine rings is 1. The van der Waals surface area contributed by atoms with Crippen molar-refractivity contribution in [1.29, 1.82) is 0 Å². The van der Waals surface area contributed by atoms with Crippen molar-refractivity contribution in [2.45, 2.75) is 38.8 Å². The lowest BCUT2D eigenvalue weighted by Crippen LogP contribution is -2.56. The number of likely N-dealkylation sites (tertiary alicyclic amines) is 1. The van der Waals surface area contributed by atoms with Gasteiger partial charge < -0.3 is 24.2 Å². The lowest BCUT2D eigenvalue weighted by molar-refractivity contribution is -0.155. The minimum absolute atomic E-state index is 0.0689. The quantitative estimate of drug-likeness (QED) is 0.645. The Morgan fingerprint density at radius 3 is 2.50 bits per heavy atom. The van der Waals surface area contributed by atoms with Crippen LogP contribution in [0.3, 0.4) is 0 Å². The van der Waals surface area contributed by atoms with Crippen LogP contribution in [0.1, 0.15) is 26.7 Å². The zero-order valence-electron chi connectivity index (χ0n) is 18.8. The van der Waals surface area contributed by atoms with Crippen LogP contribution in [0.25, 0.3) is 0 Å². The number of carbonyl (C=O) groups is 1. The minimum Gasteiger partial charge on any atom is -0.491 e. The third kappa shape index (κ3) is 6.65. The molecular formula is C23H36FN3O3. The molecule has 1 aromatic rings. The Balaban J connectivity index is 1.47. The molecule has 2 aliphatic rings. The van der Waals surface area contributed by atoms with Crippen molar-refractivity contribution in [3.63, 3.8) is 0 Å². The number of carbonyl (C=O) groups excluding carboxylic acids is 1. The molecule has 0 radical (unpaired) electrons. The standard InChI is InChI=1S/C23H36FN3O3/c1-23(2,16-25(3)4)17-26-11-9-19(10-12-26)27-13-21(30-15-22(27)28)14-29-20-7-5-18(24)6-8-20/h5-8,19,21H,9-17H2,1-4H3/t21-/m0/s1. The number of halogens is 1. The first kappa shape index (κ1) is 23.0. The second-order valence-electron chi connectivity index (χ2n) is 9.65. The van der Waals surface area contributed by atoms with Gasteiger partial charge in [-0.25, -0.2) is 4.39 Å². The molecule has 0 saturated carbocycles. The van der Waals surface area contributed by atoms with E-state index >= 15 is 0 Å². The van der Waals surface area contributed by atoms with Gasteiger partial charge in [0.1, 0.15) is 30.9 Å². The molecular weight excluding hydrogens is 385 g/mol. The number of ether oxygens (including phenoxy) is 2. The minimum atomic E-state index is -0.288. The van der Waals surface area contributed by atoms with Crippen molar-refractivity contribution < 1.29 is 18.7 Å². The predicted molar refractivity (Wildman–Crippen MR) is 115 cm³/mol. The van der Waals surface area contributed by atoms with Crippen molar-refractivity contribution in [2.75, 3.05) is 60.0 Å². The van der Waals surface area contributed by atoms with Crippen LogP contribution in [-0.2, 0) is 9.53 Å². The summed E-state index contributed by atoms with van der Waals surface area (Å²) in [5, 5.41) is 0. The second-order valence-corrected chi connectivity index (χ2v) is 9.65. The summed E-state index contributed by atoms with van der Waals surface area (Å²) in [6.07, 6.45) is 1.83. The van der Waals surface area contributed by atoms with Crippen LogP contribution in [0, 0.1) is 11.2 Å². The van der Waals surface area contributed by atoms with E-state index in [1.165, 1.54) is 12.1 Å². The van der Waals surface area contributed by atoms with Crippen LogP contribution >= 0.6 is 0 Å². The van der Waals surface area contributed by atoms with Gasteiger partial charge >= 0.3 is 0 Å². The molecule has 30 heavy (non-hydrogen) atoms. The van der Waals surface area contributed by atoms with Crippen LogP contribution in [0.5, 0.6) is 5.75 Å². The summed E-state index contributed by atoms with van der Waals surface area (Å²) in [4.78, 5) is 19.2. The molecule has 2 saturated heterocycles. The van der Waals surface area contributed by atoms with Gasteiger partial charge in [-0.3, -0.25) is 4.79 Å². The summed E-state index contributed by atoms with van der Waals surface area (Å²) in [5.41, 5.74) is 0.244. The molecule has 0 bridgehead atoms. The average molecular weight is 422 g/mol. The molecule has 2 aliphatic heterocycles. The van der Waals surface area contributed by atoms with Crippen LogP contribution < -0.4 is 4.74 Å². The Hall–Kier alpha value is -1.70. The number of nitrogens with zero attached hydrogens (tertiary/aromatic N) is 3. The monoisotopic (exact) mass is 421 g/mol. The van der Waals surface area contributed by atoms with Crippen LogP contribution in [-0.4, -0.2) is 92.8 Å². The van der Waals surface area contributed by atoms with Gasteiger partial charge in [0.15, 0.2) is 0 Å². The average Bonchev–Trinajstić information content (AvgIpc) is 2.68. The largest absolute Gasteiger partial charge is 0.491 e. The van der Waals surface area contributed by atoms with Crippen molar-refractivity contribution in [3.8, 4) is 5.75 Å². The summed E-state index contributed by atoms with van der Waals surface area (Å²) in [6.45, 7) is 9.81. The number of benzene rings is 1. The van der Waals surface area contributed by atoms with E-state index in [-0.39, 0.29) is 35.9 Å². The van der Waals surface area contributed by atoms with Gasteiger partial charge in [0.05, 0.1) is 6.54 Å². The fourth-order valence-electron chi connectivity index (χ4n) is 4.72. The summed E-state index contributed by atoms with van der Waals surface area (Å²) in [5.74, 6) is 0.390. The summed E-state index contributed by atoms with van der Waals surface area (Å²) >= 11 is 0. The Morgan fingerprint density at radius 1 is 1.20 bits per heavy atom. The van der Waals surface area contributed by atoms with Crippen molar-refractivity contribution >= 4 is 5.91 Å². The van der Waals surface area contributed by atoms with Gasteiger partial charge in [-0.05, 0) is 56.6 Å². The Labute approximate surface area is 179 Å². The van der Waals surface area contributed by atoms with E-state index in [0.29, 0.717) is 18.9 Å². The van der Waals surface area contributed by atoms with Crippen molar-refractivity contribution in [3.05, 3.63) is 30.1 Å². The van der Waals surface area contributed by atoms with E-state index in [0.717, 1.165) is 39.0 Å². The zero-order valence-corrected chi connectivity index (χ0v) is 18.8. The molecule has 6 nitrogen and oxygen atoms in total. The maximum atomic E-state index is 13.0. The SMILES string of the molecule is CN(C)CC(C)(C)CN1CCC(N2C[C@@H](COc3ccc(F)cc3)OCC2=O)CC1. The van der Waals surface area contributed by atoms with Crippen LogP contribution in [0.4, 0.5) is 4.39 Å². The van der Waals surface area contributed by atoms with Gasteiger partial charge in [0.2, 0.25) is 5.91 Å². The third-order valence-corrected chi connectivity index (χ3v) is 5.81. The highest BCUT2D eigenvalue weighted by molar-refractivity contribution is 5.78. The number of hydrogen-bond donors (Lipinski definition) is 0. The number of morpholine rings is 1. The molecule has 0 N–H and O–H groups in total. The normalized spacial score (nSPS) is 22.0. The molecule has 1 atom stereocenters. The Morgan fingerprint density at radius 2 is 1.87 bits per heavy atom. The Bertz CT molecular complexity index is 687. The number of hydrogen-bond acceptors (Lipinski definition) is 5. The summed E-state index contributed by atoms with van der Waals surface area (Å²) < 4.78 is 24.4. The molecule has 0 spiro atoms. The first-order valence-corrected chi connectivity index (χ1v) is 10.9. The highest BCUT2D eigenvalue weighted by Gasteiger charge is 2.34. The lowest BCUT2D eigenvalue weighted by atomic mass is 9.90. The zero-order chi connectivity index (χ0) is 21.7. The maximum Gasteiger partial charge on any atom is 0.248 e.